The highest BCUT2D eigenvalue weighted by atomic mass is 16.5. The average molecular weight is 215 g/mol. The summed E-state index contributed by atoms with van der Waals surface area (Å²) in [6.07, 6.45) is 4.80. The Labute approximate surface area is 93.2 Å². The molecule has 1 aliphatic carbocycles. The van der Waals surface area contributed by atoms with Crippen molar-refractivity contribution in [3.05, 3.63) is 0 Å². The smallest absolute Gasteiger partial charge is 0.0898 e. The second-order valence-corrected chi connectivity index (χ2v) is 4.90. The van der Waals surface area contributed by atoms with Crippen molar-refractivity contribution in [1.29, 1.82) is 0 Å². The molecule has 1 atom stereocenters. The van der Waals surface area contributed by atoms with E-state index < -0.39 is 0 Å². The second kappa shape index (κ2) is 5.83. The first-order valence-electron chi connectivity index (χ1n) is 6.13. The maximum atomic E-state index is 9.69. The van der Waals surface area contributed by atoms with Crippen LogP contribution >= 0.6 is 0 Å². The topological polar surface area (TPSA) is 41.5 Å². The number of hydrogen-bond acceptors (Lipinski definition) is 3. The van der Waals surface area contributed by atoms with Crippen LogP contribution < -0.4 is 5.32 Å². The summed E-state index contributed by atoms with van der Waals surface area (Å²) in [5.74, 6) is 0. The maximum absolute atomic E-state index is 9.69. The van der Waals surface area contributed by atoms with Crippen molar-refractivity contribution in [1.82, 2.24) is 5.32 Å². The number of aliphatic hydroxyl groups excluding tert-OH is 1. The first-order valence-corrected chi connectivity index (χ1v) is 6.13. The fourth-order valence-corrected chi connectivity index (χ4v) is 1.96. The Hall–Kier alpha value is -0.120. The molecule has 3 heteroatoms. The molecule has 1 fully saturated rings. The van der Waals surface area contributed by atoms with Crippen LogP contribution in [0.2, 0.25) is 0 Å². The molecule has 0 aliphatic heterocycles. The Morgan fingerprint density at radius 3 is 2.47 bits per heavy atom. The zero-order valence-electron chi connectivity index (χ0n) is 10.3. The van der Waals surface area contributed by atoms with E-state index in [0.29, 0.717) is 18.7 Å². The SMILES string of the molecule is CCC1(NCC(O)COC(C)C)CCC1. The van der Waals surface area contributed by atoms with E-state index in [-0.39, 0.29) is 12.2 Å². The first kappa shape index (κ1) is 12.9. The Bertz CT molecular complexity index is 173. The van der Waals surface area contributed by atoms with E-state index in [1.54, 1.807) is 0 Å². The molecule has 1 saturated carbocycles. The zero-order valence-corrected chi connectivity index (χ0v) is 10.3. The van der Waals surface area contributed by atoms with Gasteiger partial charge >= 0.3 is 0 Å². The van der Waals surface area contributed by atoms with Crippen LogP contribution in [0, 0.1) is 0 Å². The van der Waals surface area contributed by atoms with Crippen molar-refractivity contribution in [2.75, 3.05) is 13.2 Å². The average Bonchev–Trinajstić information content (AvgIpc) is 2.14. The number of nitrogens with one attached hydrogen (secondary N) is 1. The Balaban J connectivity index is 2.12. The Morgan fingerprint density at radius 2 is 2.07 bits per heavy atom. The molecular weight excluding hydrogens is 190 g/mol. The van der Waals surface area contributed by atoms with E-state index >= 15 is 0 Å². The molecule has 0 aromatic rings. The highest BCUT2D eigenvalue weighted by molar-refractivity contribution is 4.94. The number of hydrogen-bond donors (Lipinski definition) is 2. The fourth-order valence-electron chi connectivity index (χ4n) is 1.96. The first-order chi connectivity index (χ1) is 7.08. The van der Waals surface area contributed by atoms with E-state index in [4.69, 9.17) is 4.74 Å². The molecule has 15 heavy (non-hydrogen) atoms. The Kier molecular flexibility index (Phi) is 5.03. The van der Waals surface area contributed by atoms with E-state index in [9.17, 15) is 5.11 Å². The van der Waals surface area contributed by atoms with Gasteiger partial charge in [0.1, 0.15) is 0 Å². The Morgan fingerprint density at radius 1 is 1.40 bits per heavy atom. The summed E-state index contributed by atoms with van der Waals surface area (Å²) in [6.45, 7) is 7.27. The van der Waals surface area contributed by atoms with Gasteiger partial charge in [0.15, 0.2) is 0 Å². The van der Waals surface area contributed by atoms with Crippen molar-refractivity contribution in [2.24, 2.45) is 0 Å². The lowest BCUT2D eigenvalue weighted by Gasteiger charge is -2.42. The van der Waals surface area contributed by atoms with E-state index in [2.05, 4.69) is 12.2 Å². The van der Waals surface area contributed by atoms with Crippen molar-refractivity contribution in [3.63, 3.8) is 0 Å². The molecule has 0 radical (unpaired) electrons. The van der Waals surface area contributed by atoms with Crippen LogP contribution in [0.5, 0.6) is 0 Å². The van der Waals surface area contributed by atoms with Crippen LogP contribution in [0.15, 0.2) is 0 Å². The minimum absolute atomic E-state index is 0.198. The van der Waals surface area contributed by atoms with Gasteiger partial charge < -0.3 is 15.2 Å². The summed E-state index contributed by atoms with van der Waals surface area (Å²) in [4.78, 5) is 0. The van der Waals surface area contributed by atoms with Crippen LogP contribution in [0.25, 0.3) is 0 Å². The van der Waals surface area contributed by atoms with Gasteiger partial charge in [0.25, 0.3) is 0 Å². The van der Waals surface area contributed by atoms with Crippen molar-refractivity contribution < 1.29 is 9.84 Å². The number of rotatable bonds is 7. The van der Waals surface area contributed by atoms with Gasteiger partial charge in [-0.05, 0) is 39.5 Å². The fraction of sp³-hybridized carbons (Fsp3) is 1.00. The minimum Gasteiger partial charge on any atom is -0.389 e. The summed E-state index contributed by atoms with van der Waals surface area (Å²) in [7, 11) is 0. The predicted octanol–water partition coefficient (Wildman–Crippen LogP) is 1.69. The van der Waals surface area contributed by atoms with Gasteiger partial charge in [0, 0.05) is 12.1 Å². The third kappa shape index (κ3) is 4.09. The molecule has 90 valence electrons. The zero-order chi connectivity index (χ0) is 11.3. The molecule has 0 saturated heterocycles. The quantitative estimate of drug-likeness (QED) is 0.679. The minimum atomic E-state index is -0.378. The third-order valence-corrected chi connectivity index (χ3v) is 3.32. The number of ether oxygens (including phenoxy) is 1. The summed E-state index contributed by atoms with van der Waals surface area (Å²) in [5, 5.41) is 13.2. The highest BCUT2D eigenvalue weighted by Crippen LogP contribution is 2.34. The van der Waals surface area contributed by atoms with E-state index in [1.807, 2.05) is 13.8 Å². The number of aliphatic hydroxyl groups is 1. The lowest BCUT2D eigenvalue weighted by molar-refractivity contribution is 0.000227. The molecule has 1 unspecified atom stereocenters. The van der Waals surface area contributed by atoms with E-state index in [0.717, 1.165) is 6.42 Å². The van der Waals surface area contributed by atoms with Gasteiger partial charge in [-0.1, -0.05) is 6.92 Å². The molecule has 0 aromatic heterocycles. The largest absolute Gasteiger partial charge is 0.389 e. The summed E-state index contributed by atoms with van der Waals surface area (Å²) in [5.41, 5.74) is 0.318. The van der Waals surface area contributed by atoms with Crippen molar-refractivity contribution >= 4 is 0 Å². The van der Waals surface area contributed by atoms with E-state index in [1.165, 1.54) is 19.3 Å². The molecular formula is C12H25NO2. The van der Waals surface area contributed by atoms with Gasteiger partial charge in [-0.3, -0.25) is 0 Å². The van der Waals surface area contributed by atoms with Gasteiger partial charge in [0.05, 0.1) is 18.8 Å². The summed E-state index contributed by atoms with van der Waals surface area (Å²) >= 11 is 0. The molecule has 0 spiro atoms. The molecule has 1 rings (SSSR count). The monoisotopic (exact) mass is 215 g/mol. The molecule has 0 heterocycles. The van der Waals surface area contributed by atoms with Crippen LogP contribution in [-0.2, 0) is 4.74 Å². The van der Waals surface area contributed by atoms with Crippen LogP contribution in [-0.4, -0.2) is 36.0 Å². The van der Waals surface area contributed by atoms with Gasteiger partial charge in [-0.2, -0.15) is 0 Å². The van der Waals surface area contributed by atoms with Gasteiger partial charge in [0.2, 0.25) is 0 Å². The third-order valence-electron chi connectivity index (χ3n) is 3.32. The molecule has 0 aromatic carbocycles. The molecule has 0 amide bonds. The predicted molar refractivity (Wildman–Crippen MR) is 62.0 cm³/mol. The van der Waals surface area contributed by atoms with Crippen molar-refractivity contribution in [3.8, 4) is 0 Å². The van der Waals surface area contributed by atoms with Crippen LogP contribution in [0.1, 0.15) is 46.5 Å². The van der Waals surface area contributed by atoms with Crippen molar-refractivity contribution in [2.45, 2.75) is 64.2 Å². The van der Waals surface area contributed by atoms with Crippen LogP contribution in [0.3, 0.4) is 0 Å². The standard InChI is InChI=1S/C12H25NO2/c1-4-12(6-5-7-12)13-8-11(14)9-15-10(2)3/h10-11,13-14H,4-9H2,1-3H3. The molecule has 3 nitrogen and oxygen atoms in total. The van der Waals surface area contributed by atoms with Crippen LogP contribution in [0.4, 0.5) is 0 Å². The molecule has 2 N–H and O–H groups in total. The lowest BCUT2D eigenvalue weighted by atomic mass is 9.75. The highest BCUT2D eigenvalue weighted by Gasteiger charge is 2.34. The number of β-amino-alcohol motifs (C(OH)–C–C–N with tert-alkyl or cyclic N) is 1. The van der Waals surface area contributed by atoms with Gasteiger partial charge in [-0.25, -0.2) is 0 Å². The molecule has 0 bridgehead atoms. The summed E-state index contributed by atoms with van der Waals surface area (Å²) < 4.78 is 5.36. The molecule has 1 aliphatic rings. The normalized spacial score (nSPS) is 21.4. The van der Waals surface area contributed by atoms with Gasteiger partial charge in [-0.15, -0.1) is 0 Å². The second-order valence-electron chi connectivity index (χ2n) is 4.90. The summed E-state index contributed by atoms with van der Waals surface area (Å²) in [6, 6.07) is 0. The maximum Gasteiger partial charge on any atom is 0.0898 e. The lowest BCUT2D eigenvalue weighted by Crippen LogP contribution is -2.53.